The molecule has 8 heteroatoms. The Bertz CT molecular complexity index is 828. The topological polar surface area (TPSA) is 46.6 Å². The van der Waals surface area contributed by atoms with Crippen molar-refractivity contribution < 1.29 is 31.9 Å². The zero-order valence-corrected chi connectivity index (χ0v) is 14.2. The second kappa shape index (κ2) is 8.48. The molecule has 2 aromatic carbocycles. The van der Waals surface area contributed by atoms with E-state index in [1.807, 2.05) is 0 Å². The van der Waals surface area contributed by atoms with E-state index in [4.69, 9.17) is 4.74 Å². The van der Waals surface area contributed by atoms with E-state index in [9.17, 15) is 27.2 Å². The number of hydrogen-bond donors (Lipinski definition) is 0. The normalized spacial score (nSPS) is 11.4. The predicted octanol–water partition coefficient (Wildman–Crippen LogP) is 4.17. The molecule has 0 atom stereocenters. The van der Waals surface area contributed by atoms with Crippen LogP contribution in [0.1, 0.15) is 10.4 Å². The van der Waals surface area contributed by atoms with Crippen molar-refractivity contribution in [1.29, 1.82) is 0 Å². The second-order valence-electron chi connectivity index (χ2n) is 5.43. The van der Waals surface area contributed by atoms with Crippen LogP contribution in [0.15, 0.2) is 60.8 Å². The average molecular weight is 381 g/mol. The van der Waals surface area contributed by atoms with Crippen molar-refractivity contribution >= 4 is 17.3 Å². The third-order valence-electron chi connectivity index (χ3n) is 3.57. The van der Waals surface area contributed by atoms with E-state index in [1.54, 1.807) is 12.1 Å². The number of ether oxygens (including phenoxy) is 1. The maximum absolute atomic E-state index is 13.0. The molecule has 2 rings (SSSR count). The largest absolute Gasteiger partial charge is 0.497 e. The fraction of sp³-hybridized carbons (Fsp3) is 0.158. The first kappa shape index (κ1) is 20.2. The molecule has 0 heterocycles. The summed E-state index contributed by atoms with van der Waals surface area (Å²) in [5, 5.41) is 0. The van der Waals surface area contributed by atoms with Crippen LogP contribution in [0.4, 0.5) is 23.2 Å². The van der Waals surface area contributed by atoms with Crippen LogP contribution >= 0.6 is 0 Å². The number of halogens is 4. The van der Waals surface area contributed by atoms with Crippen LogP contribution in [0.3, 0.4) is 0 Å². The van der Waals surface area contributed by atoms with Crippen LogP contribution in [0.2, 0.25) is 0 Å². The molecule has 27 heavy (non-hydrogen) atoms. The van der Waals surface area contributed by atoms with Crippen LogP contribution in [0.25, 0.3) is 0 Å². The molecule has 0 unspecified atom stereocenters. The van der Waals surface area contributed by atoms with Gasteiger partial charge in [-0.2, -0.15) is 13.2 Å². The van der Waals surface area contributed by atoms with E-state index in [-0.39, 0.29) is 12.1 Å². The Hall–Kier alpha value is -3.16. The van der Waals surface area contributed by atoms with E-state index >= 15 is 0 Å². The van der Waals surface area contributed by atoms with Crippen molar-refractivity contribution in [3.63, 3.8) is 0 Å². The SMILES string of the molecule is COc1ccc(N(/C=C/C(=O)C(F)(F)F)CC(=O)c2ccc(F)cc2)cc1. The second-order valence-corrected chi connectivity index (χ2v) is 5.43. The number of ketones is 2. The van der Waals surface area contributed by atoms with Gasteiger partial charge in [-0.05, 0) is 48.5 Å². The van der Waals surface area contributed by atoms with Crippen molar-refractivity contribution in [2.24, 2.45) is 0 Å². The number of carbonyl (C=O) groups excluding carboxylic acids is 2. The summed E-state index contributed by atoms with van der Waals surface area (Å²) in [6, 6.07) is 10.9. The Morgan fingerprint density at radius 1 is 1.04 bits per heavy atom. The van der Waals surface area contributed by atoms with Crippen molar-refractivity contribution in [2.75, 3.05) is 18.6 Å². The first-order chi connectivity index (χ1) is 12.7. The van der Waals surface area contributed by atoms with Crippen LogP contribution in [-0.4, -0.2) is 31.4 Å². The molecule has 0 saturated heterocycles. The zero-order valence-electron chi connectivity index (χ0n) is 14.2. The number of alkyl halides is 3. The van der Waals surface area contributed by atoms with Gasteiger partial charge in [-0.1, -0.05) is 0 Å². The number of methoxy groups -OCH3 is 1. The summed E-state index contributed by atoms with van der Waals surface area (Å²) in [6.45, 7) is -0.348. The number of benzene rings is 2. The van der Waals surface area contributed by atoms with Crippen molar-refractivity contribution in [3.05, 3.63) is 72.2 Å². The minimum Gasteiger partial charge on any atom is -0.497 e. The van der Waals surface area contributed by atoms with Gasteiger partial charge in [0.15, 0.2) is 5.78 Å². The Morgan fingerprint density at radius 3 is 2.15 bits per heavy atom. The molecular weight excluding hydrogens is 366 g/mol. The lowest BCUT2D eigenvalue weighted by Crippen LogP contribution is -2.26. The van der Waals surface area contributed by atoms with Crippen molar-refractivity contribution in [1.82, 2.24) is 0 Å². The Kier molecular flexibility index (Phi) is 6.33. The predicted molar refractivity (Wildman–Crippen MR) is 91.3 cm³/mol. The smallest absolute Gasteiger partial charge is 0.454 e. The van der Waals surface area contributed by atoms with E-state index in [0.717, 1.165) is 18.3 Å². The Labute approximate surface area is 152 Å². The summed E-state index contributed by atoms with van der Waals surface area (Å²) in [6.07, 6.45) is -3.77. The van der Waals surface area contributed by atoms with Gasteiger partial charge in [0.2, 0.25) is 0 Å². The quantitative estimate of drug-likeness (QED) is 0.410. The number of anilines is 1. The van der Waals surface area contributed by atoms with Gasteiger partial charge < -0.3 is 9.64 Å². The maximum atomic E-state index is 13.0. The molecule has 2 aromatic rings. The van der Waals surface area contributed by atoms with Gasteiger partial charge in [0.05, 0.1) is 13.7 Å². The number of allylic oxidation sites excluding steroid dienone is 1. The van der Waals surface area contributed by atoms with Gasteiger partial charge in [-0.25, -0.2) is 4.39 Å². The molecule has 0 aliphatic rings. The lowest BCUT2D eigenvalue weighted by molar-refractivity contribution is -0.165. The highest BCUT2D eigenvalue weighted by atomic mass is 19.4. The van der Waals surface area contributed by atoms with Gasteiger partial charge in [0.1, 0.15) is 11.6 Å². The molecule has 0 N–H and O–H groups in total. The summed E-state index contributed by atoms with van der Waals surface area (Å²) in [4.78, 5) is 24.7. The number of carbonyl (C=O) groups is 2. The summed E-state index contributed by atoms with van der Waals surface area (Å²) >= 11 is 0. The fourth-order valence-corrected chi connectivity index (χ4v) is 2.14. The first-order valence-corrected chi connectivity index (χ1v) is 7.69. The minimum absolute atomic E-state index is 0.186. The molecule has 0 amide bonds. The Balaban J connectivity index is 2.27. The van der Waals surface area contributed by atoms with Crippen LogP contribution in [-0.2, 0) is 4.79 Å². The molecule has 4 nitrogen and oxygen atoms in total. The molecule has 0 saturated carbocycles. The number of nitrogens with zero attached hydrogens (tertiary/aromatic N) is 1. The molecule has 0 spiro atoms. The number of rotatable bonds is 7. The first-order valence-electron chi connectivity index (χ1n) is 7.69. The van der Waals surface area contributed by atoms with E-state index < -0.39 is 23.6 Å². The zero-order chi connectivity index (χ0) is 20.0. The monoisotopic (exact) mass is 381 g/mol. The highest BCUT2D eigenvalue weighted by Crippen LogP contribution is 2.21. The third-order valence-corrected chi connectivity index (χ3v) is 3.57. The number of Topliss-reactive ketones (excluding diaryl/α,β-unsaturated/α-hetero) is 1. The molecule has 0 radical (unpaired) electrons. The summed E-state index contributed by atoms with van der Waals surface area (Å²) in [5.41, 5.74) is 0.558. The van der Waals surface area contributed by atoms with Gasteiger partial charge in [0, 0.05) is 23.5 Å². The summed E-state index contributed by atoms with van der Waals surface area (Å²) in [5.74, 6) is -2.52. The number of hydrogen-bond acceptors (Lipinski definition) is 4. The molecule has 142 valence electrons. The van der Waals surface area contributed by atoms with Crippen LogP contribution < -0.4 is 9.64 Å². The van der Waals surface area contributed by atoms with Crippen molar-refractivity contribution in [3.8, 4) is 5.75 Å². The van der Waals surface area contributed by atoms with Crippen molar-refractivity contribution in [2.45, 2.75) is 6.18 Å². The third kappa shape index (κ3) is 5.67. The van der Waals surface area contributed by atoms with Crippen LogP contribution in [0, 0.1) is 5.82 Å². The van der Waals surface area contributed by atoms with E-state index in [1.165, 1.54) is 36.3 Å². The maximum Gasteiger partial charge on any atom is 0.454 e. The summed E-state index contributed by atoms with van der Waals surface area (Å²) in [7, 11) is 1.45. The average Bonchev–Trinajstić information content (AvgIpc) is 2.64. The van der Waals surface area contributed by atoms with Gasteiger partial charge in [-0.15, -0.1) is 0 Å². The fourth-order valence-electron chi connectivity index (χ4n) is 2.14. The van der Waals surface area contributed by atoms with E-state index in [2.05, 4.69) is 0 Å². The molecular formula is C19H15F4NO3. The van der Waals surface area contributed by atoms with Crippen LogP contribution in [0.5, 0.6) is 5.75 Å². The minimum atomic E-state index is -5.01. The van der Waals surface area contributed by atoms with Gasteiger partial charge in [0.25, 0.3) is 5.78 Å². The molecule has 0 fully saturated rings. The molecule has 0 aromatic heterocycles. The standard InChI is InChI=1S/C19H15F4NO3/c1-27-16-8-6-15(7-9-16)24(11-10-18(26)19(21,22)23)12-17(25)13-2-4-14(20)5-3-13/h2-11H,12H2,1H3/b11-10+. The highest BCUT2D eigenvalue weighted by molar-refractivity contribution is 6.00. The highest BCUT2D eigenvalue weighted by Gasteiger charge is 2.36. The van der Waals surface area contributed by atoms with E-state index in [0.29, 0.717) is 17.5 Å². The van der Waals surface area contributed by atoms with Gasteiger partial charge >= 0.3 is 6.18 Å². The Morgan fingerprint density at radius 2 is 1.63 bits per heavy atom. The molecule has 0 aliphatic carbocycles. The molecule has 0 aliphatic heterocycles. The summed E-state index contributed by atoms with van der Waals surface area (Å²) < 4.78 is 55.3. The lowest BCUT2D eigenvalue weighted by Gasteiger charge is -2.20. The molecule has 0 bridgehead atoms. The lowest BCUT2D eigenvalue weighted by atomic mass is 10.1. The van der Waals surface area contributed by atoms with Gasteiger partial charge in [-0.3, -0.25) is 9.59 Å².